The maximum absolute atomic E-state index is 10.6. The molecular formula is C7H14O. The average molecular weight is 116 g/mol. The highest BCUT2D eigenvalue weighted by Crippen LogP contribution is 1.98. The van der Waals surface area contributed by atoms with Crippen molar-refractivity contribution in [3.8, 4) is 0 Å². The number of carbonyl (C=O) groups is 1. The van der Waals surface area contributed by atoms with Gasteiger partial charge in [0, 0.05) is 9.16 Å². The smallest absolute Gasteiger partial charge is 0.129 e. The Hall–Kier alpha value is -0.330. The molecule has 0 aliphatic rings. The number of hydrogen-bond donors (Lipinski definition) is 0. The predicted molar refractivity (Wildman–Crippen MR) is 34.8 cm³/mol. The molecule has 0 heterocycles. The Morgan fingerprint density at radius 2 is 2.38 bits per heavy atom. The Balaban J connectivity index is 3.22. The summed E-state index contributed by atoms with van der Waals surface area (Å²) in [5, 5.41) is 0. The molecule has 1 heteroatoms. The highest BCUT2D eigenvalue weighted by atomic mass is 16.1. The third-order valence-electron chi connectivity index (χ3n) is 1.03. The van der Waals surface area contributed by atoms with Crippen molar-refractivity contribution in [3.63, 3.8) is 0 Å². The number of Topliss-reactive ketones (excluding diaryl/α,β-unsaturated/α-hetero) is 1. The van der Waals surface area contributed by atoms with E-state index in [1.165, 1.54) is 0 Å². The fourth-order valence-corrected chi connectivity index (χ4v) is 0.549. The van der Waals surface area contributed by atoms with Gasteiger partial charge in [-0.25, -0.2) is 0 Å². The first-order valence-corrected chi connectivity index (χ1v) is 3.05. The summed E-state index contributed by atoms with van der Waals surface area (Å²) in [5.74, 6) is -0.256. The van der Waals surface area contributed by atoms with Gasteiger partial charge in [-0.05, 0) is 13.3 Å². The van der Waals surface area contributed by atoms with Crippen LogP contribution in [0.5, 0.6) is 0 Å². The first-order valence-electron chi connectivity index (χ1n) is 4.21. The SMILES string of the molecule is [2H]C([2H])C(=O)CCCCC. The van der Waals surface area contributed by atoms with E-state index >= 15 is 0 Å². The van der Waals surface area contributed by atoms with E-state index in [0.717, 1.165) is 19.3 Å². The Morgan fingerprint density at radius 1 is 1.62 bits per heavy atom. The summed E-state index contributed by atoms with van der Waals surface area (Å²) in [4.78, 5) is 10.6. The minimum atomic E-state index is -1.27. The van der Waals surface area contributed by atoms with E-state index in [1.54, 1.807) is 0 Å². The van der Waals surface area contributed by atoms with E-state index in [1.807, 2.05) is 0 Å². The van der Waals surface area contributed by atoms with Gasteiger partial charge < -0.3 is 4.79 Å². The molecule has 0 spiro atoms. The first-order chi connectivity index (χ1) is 4.68. The van der Waals surface area contributed by atoms with Crippen LogP contribution in [0.3, 0.4) is 0 Å². The molecule has 0 N–H and O–H groups in total. The number of hydrogen-bond acceptors (Lipinski definition) is 1. The minimum Gasteiger partial charge on any atom is -0.300 e. The van der Waals surface area contributed by atoms with Crippen LogP contribution in [0, 0.1) is 0 Å². The normalized spacial score (nSPS) is 13.2. The molecule has 0 rings (SSSR count). The molecule has 0 atom stereocenters. The van der Waals surface area contributed by atoms with E-state index in [0.29, 0.717) is 6.42 Å². The molecule has 0 saturated heterocycles. The highest BCUT2D eigenvalue weighted by molar-refractivity contribution is 5.75. The van der Waals surface area contributed by atoms with E-state index < -0.39 is 6.88 Å². The second-order valence-electron chi connectivity index (χ2n) is 1.92. The van der Waals surface area contributed by atoms with Crippen LogP contribution in [0.4, 0.5) is 0 Å². The fraction of sp³-hybridized carbons (Fsp3) is 0.857. The molecule has 0 amide bonds. The molecule has 0 saturated carbocycles. The van der Waals surface area contributed by atoms with Crippen LogP contribution in [0.1, 0.15) is 42.2 Å². The first kappa shape index (κ1) is 4.54. The summed E-state index contributed by atoms with van der Waals surface area (Å²) < 4.78 is 13.5. The summed E-state index contributed by atoms with van der Waals surface area (Å²) >= 11 is 0. The van der Waals surface area contributed by atoms with Gasteiger partial charge in [-0.3, -0.25) is 0 Å². The maximum Gasteiger partial charge on any atom is 0.129 e. The Labute approximate surface area is 53.9 Å². The average Bonchev–Trinajstić information content (AvgIpc) is 1.88. The van der Waals surface area contributed by atoms with Gasteiger partial charge in [0.1, 0.15) is 5.78 Å². The van der Waals surface area contributed by atoms with Crippen molar-refractivity contribution in [1.82, 2.24) is 0 Å². The molecule has 8 heavy (non-hydrogen) atoms. The van der Waals surface area contributed by atoms with Gasteiger partial charge in [0.25, 0.3) is 0 Å². The monoisotopic (exact) mass is 116 g/mol. The van der Waals surface area contributed by atoms with Gasteiger partial charge in [0.15, 0.2) is 0 Å². The standard InChI is InChI=1S/C7H14O/c1-3-4-5-6-7(2)8/h3-6H2,1-2H3/i2D2. The molecular weight excluding hydrogens is 100 g/mol. The summed E-state index contributed by atoms with van der Waals surface area (Å²) in [7, 11) is 0. The van der Waals surface area contributed by atoms with Gasteiger partial charge in [-0.2, -0.15) is 0 Å². The summed E-state index contributed by atoms with van der Waals surface area (Å²) in [6.07, 6.45) is 3.35. The van der Waals surface area contributed by atoms with Crippen LogP contribution < -0.4 is 0 Å². The zero-order chi connectivity index (χ0) is 7.98. The largest absolute Gasteiger partial charge is 0.300 e. The molecule has 0 bridgehead atoms. The summed E-state index contributed by atoms with van der Waals surface area (Å²) in [5.41, 5.74) is 0. The van der Waals surface area contributed by atoms with E-state index in [2.05, 4.69) is 6.92 Å². The second-order valence-corrected chi connectivity index (χ2v) is 1.92. The zero-order valence-corrected chi connectivity index (χ0v) is 5.31. The Bertz CT molecular complexity index is 102. The Morgan fingerprint density at radius 3 is 2.88 bits per heavy atom. The van der Waals surface area contributed by atoms with Gasteiger partial charge in [-0.15, -0.1) is 0 Å². The summed E-state index contributed by atoms with van der Waals surface area (Å²) in [6.45, 7) is 0.792. The highest BCUT2D eigenvalue weighted by Gasteiger charge is 1.89. The van der Waals surface area contributed by atoms with Crippen molar-refractivity contribution >= 4 is 5.78 Å². The number of carbonyl (C=O) groups excluding carboxylic acids is 1. The molecule has 0 aliphatic carbocycles. The van der Waals surface area contributed by atoms with Crippen molar-refractivity contribution in [2.45, 2.75) is 39.5 Å². The lowest BCUT2D eigenvalue weighted by atomic mass is 10.2. The van der Waals surface area contributed by atoms with Crippen molar-refractivity contribution < 1.29 is 7.54 Å². The number of rotatable bonds is 4. The van der Waals surface area contributed by atoms with Crippen LogP contribution in [0.15, 0.2) is 0 Å². The van der Waals surface area contributed by atoms with Crippen LogP contribution in [0.25, 0.3) is 0 Å². The van der Waals surface area contributed by atoms with Crippen molar-refractivity contribution in [2.75, 3.05) is 0 Å². The molecule has 0 unspecified atom stereocenters. The van der Waals surface area contributed by atoms with E-state index in [4.69, 9.17) is 2.74 Å². The van der Waals surface area contributed by atoms with Crippen molar-refractivity contribution in [1.29, 1.82) is 0 Å². The van der Waals surface area contributed by atoms with E-state index in [9.17, 15) is 4.79 Å². The van der Waals surface area contributed by atoms with Gasteiger partial charge >= 0.3 is 0 Å². The van der Waals surface area contributed by atoms with Gasteiger partial charge in [0.2, 0.25) is 0 Å². The fourth-order valence-electron chi connectivity index (χ4n) is 0.549. The molecule has 0 fully saturated rings. The van der Waals surface area contributed by atoms with E-state index in [-0.39, 0.29) is 5.78 Å². The maximum atomic E-state index is 10.6. The van der Waals surface area contributed by atoms with Crippen LogP contribution in [-0.4, -0.2) is 5.78 Å². The number of unbranched alkanes of at least 4 members (excludes halogenated alkanes) is 2. The molecule has 0 aromatic rings. The molecule has 48 valence electrons. The second kappa shape index (κ2) is 4.82. The molecule has 0 aliphatic heterocycles. The molecule has 1 nitrogen and oxygen atoms in total. The topological polar surface area (TPSA) is 17.1 Å². The predicted octanol–water partition coefficient (Wildman–Crippen LogP) is 2.16. The third-order valence-corrected chi connectivity index (χ3v) is 1.03. The lowest BCUT2D eigenvalue weighted by molar-refractivity contribution is -0.117. The van der Waals surface area contributed by atoms with Crippen LogP contribution in [0.2, 0.25) is 0 Å². The minimum absolute atomic E-state index is 0.256. The van der Waals surface area contributed by atoms with Crippen molar-refractivity contribution in [2.24, 2.45) is 0 Å². The van der Waals surface area contributed by atoms with Gasteiger partial charge in [0.05, 0.1) is 0 Å². The summed E-state index contributed by atoms with van der Waals surface area (Å²) in [6, 6.07) is 0. The molecule has 0 aromatic heterocycles. The van der Waals surface area contributed by atoms with Crippen molar-refractivity contribution in [3.05, 3.63) is 0 Å². The number of ketones is 1. The lowest BCUT2D eigenvalue weighted by Crippen LogP contribution is -1.87. The van der Waals surface area contributed by atoms with Gasteiger partial charge in [-0.1, -0.05) is 19.8 Å². The lowest BCUT2D eigenvalue weighted by Gasteiger charge is -1.90. The molecule has 0 radical (unpaired) electrons. The quantitative estimate of drug-likeness (QED) is 0.514. The third kappa shape index (κ3) is 5.67. The van der Waals surface area contributed by atoms with Crippen LogP contribution >= 0.6 is 0 Å². The van der Waals surface area contributed by atoms with Crippen LogP contribution in [-0.2, 0) is 4.79 Å². The Kier molecular flexibility index (Phi) is 2.74. The zero-order valence-electron chi connectivity index (χ0n) is 7.31. The molecule has 0 aromatic carbocycles.